The lowest BCUT2D eigenvalue weighted by Crippen LogP contribution is -2.19. The fraction of sp³-hybridized carbons (Fsp3) is 0.250. The maximum Gasteiger partial charge on any atom is 0.274 e. The van der Waals surface area contributed by atoms with Crippen molar-refractivity contribution in [3.05, 3.63) is 78.6 Å². The fourth-order valence-electron chi connectivity index (χ4n) is 3.76. The minimum absolute atomic E-state index is 0.204. The topological polar surface area (TPSA) is 48.5 Å². The van der Waals surface area contributed by atoms with Gasteiger partial charge in [-0.3, -0.25) is 9.78 Å². The van der Waals surface area contributed by atoms with Gasteiger partial charge in [0.25, 0.3) is 5.91 Å². The van der Waals surface area contributed by atoms with Crippen LogP contribution >= 0.6 is 0 Å². The monoisotopic (exact) mass is 386 g/mol. The molecule has 1 aromatic heterocycles. The summed E-state index contributed by atoms with van der Waals surface area (Å²) in [5, 5.41) is 2.96. The molecule has 0 spiro atoms. The van der Waals surface area contributed by atoms with Crippen LogP contribution in [0.2, 0.25) is 0 Å². The van der Waals surface area contributed by atoms with E-state index in [-0.39, 0.29) is 5.91 Å². The molecule has 1 amide bonds. The van der Waals surface area contributed by atoms with E-state index in [1.165, 1.54) is 18.5 Å². The molecule has 4 rings (SSSR count). The Bertz CT molecular complexity index is 950. The highest BCUT2D eigenvalue weighted by Gasteiger charge is 2.14. The molecule has 2 aromatic carbocycles. The van der Waals surface area contributed by atoms with Gasteiger partial charge in [0.15, 0.2) is 0 Å². The lowest BCUT2D eigenvalue weighted by atomic mass is 10.2. The van der Waals surface area contributed by atoms with Gasteiger partial charge in [0, 0.05) is 48.6 Å². The van der Waals surface area contributed by atoms with E-state index in [0.717, 1.165) is 36.7 Å². The number of para-hydroxylation sites is 1. The van der Waals surface area contributed by atoms with E-state index in [9.17, 15) is 4.79 Å². The zero-order chi connectivity index (χ0) is 20.1. The molecular weight excluding hydrogens is 360 g/mol. The summed E-state index contributed by atoms with van der Waals surface area (Å²) in [4.78, 5) is 21.6. The Balaban J connectivity index is 1.48. The summed E-state index contributed by atoms with van der Waals surface area (Å²) in [7, 11) is 0. The van der Waals surface area contributed by atoms with Crippen molar-refractivity contribution in [2.75, 3.05) is 34.8 Å². The second-order valence-corrected chi connectivity index (χ2v) is 7.17. The first-order valence-electron chi connectivity index (χ1n) is 10.2. The molecular formula is C24H26N4O. The van der Waals surface area contributed by atoms with Crippen molar-refractivity contribution >= 4 is 28.7 Å². The second kappa shape index (κ2) is 8.78. The van der Waals surface area contributed by atoms with Gasteiger partial charge >= 0.3 is 0 Å². The van der Waals surface area contributed by atoms with Gasteiger partial charge in [-0.2, -0.15) is 0 Å². The number of pyridine rings is 1. The number of amides is 1. The third-order valence-electron chi connectivity index (χ3n) is 5.27. The molecule has 1 aliphatic heterocycles. The van der Waals surface area contributed by atoms with Crippen LogP contribution in [0.5, 0.6) is 0 Å². The van der Waals surface area contributed by atoms with Crippen molar-refractivity contribution in [2.45, 2.75) is 19.8 Å². The van der Waals surface area contributed by atoms with Gasteiger partial charge in [-0.15, -0.1) is 0 Å². The van der Waals surface area contributed by atoms with Crippen molar-refractivity contribution in [3.63, 3.8) is 0 Å². The maximum atomic E-state index is 12.8. The Labute approximate surface area is 172 Å². The molecule has 0 radical (unpaired) electrons. The van der Waals surface area contributed by atoms with Gasteiger partial charge in [0.05, 0.1) is 0 Å². The summed E-state index contributed by atoms with van der Waals surface area (Å²) in [6.07, 6.45) is 4.18. The molecule has 0 saturated carbocycles. The normalized spacial score (nSPS) is 13.3. The highest BCUT2D eigenvalue weighted by Crippen LogP contribution is 2.26. The van der Waals surface area contributed by atoms with Gasteiger partial charge in [-0.25, -0.2) is 0 Å². The lowest BCUT2D eigenvalue weighted by molar-refractivity contribution is 0.102. The van der Waals surface area contributed by atoms with Crippen LogP contribution in [-0.4, -0.2) is 30.5 Å². The Morgan fingerprint density at radius 1 is 1.00 bits per heavy atom. The van der Waals surface area contributed by atoms with Crippen molar-refractivity contribution in [3.8, 4) is 0 Å². The van der Waals surface area contributed by atoms with Gasteiger partial charge in [-0.1, -0.05) is 18.2 Å². The Hall–Kier alpha value is -3.34. The summed E-state index contributed by atoms with van der Waals surface area (Å²) >= 11 is 0. The molecule has 0 aliphatic carbocycles. The number of carbonyl (C=O) groups excluding carboxylic acids is 1. The number of rotatable bonds is 6. The molecule has 148 valence electrons. The lowest BCUT2D eigenvalue weighted by Gasteiger charge is -2.23. The molecule has 1 fully saturated rings. The first-order valence-corrected chi connectivity index (χ1v) is 10.2. The molecule has 3 aromatic rings. The molecule has 1 N–H and O–H groups in total. The van der Waals surface area contributed by atoms with Gasteiger partial charge < -0.3 is 15.1 Å². The average molecular weight is 386 g/mol. The zero-order valence-electron chi connectivity index (χ0n) is 16.7. The van der Waals surface area contributed by atoms with Crippen LogP contribution in [0.1, 0.15) is 30.3 Å². The summed E-state index contributed by atoms with van der Waals surface area (Å²) in [6.45, 7) is 5.11. The maximum absolute atomic E-state index is 12.8. The van der Waals surface area contributed by atoms with E-state index in [4.69, 9.17) is 0 Å². The Morgan fingerprint density at radius 2 is 1.72 bits per heavy atom. The predicted molar refractivity (Wildman–Crippen MR) is 119 cm³/mol. The number of nitrogens with one attached hydrogen (secondary N) is 1. The quantitative estimate of drug-likeness (QED) is 0.641. The molecule has 1 aliphatic rings. The molecule has 29 heavy (non-hydrogen) atoms. The van der Waals surface area contributed by atoms with Crippen LogP contribution in [0.15, 0.2) is 72.9 Å². The smallest absolute Gasteiger partial charge is 0.274 e. The first kappa shape index (κ1) is 19.0. The highest BCUT2D eigenvalue weighted by atomic mass is 16.1. The summed E-state index contributed by atoms with van der Waals surface area (Å²) in [5.41, 5.74) is 4.43. The molecule has 1 saturated heterocycles. The molecule has 5 nitrogen and oxygen atoms in total. The molecule has 0 atom stereocenters. The minimum atomic E-state index is -0.204. The fourth-order valence-corrected chi connectivity index (χ4v) is 3.76. The summed E-state index contributed by atoms with van der Waals surface area (Å²) in [6, 6.07) is 22.0. The molecule has 0 bridgehead atoms. The number of aromatic nitrogens is 1. The number of nitrogens with zero attached hydrogens (tertiary/aromatic N) is 3. The van der Waals surface area contributed by atoms with Crippen molar-refractivity contribution < 1.29 is 4.79 Å². The number of hydrogen-bond donors (Lipinski definition) is 1. The highest BCUT2D eigenvalue weighted by molar-refractivity contribution is 6.03. The summed E-state index contributed by atoms with van der Waals surface area (Å²) in [5.74, 6) is -0.204. The first-order chi connectivity index (χ1) is 14.2. The van der Waals surface area contributed by atoms with E-state index in [1.54, 1.807) is 6.20 Å². The van der Waals surface area contributed by atoms with Gasteiger partial charge in [-0.05, 0) is 68.3 Å². The van der Waals surface area contributed by atoms with Crippen LogP contribution in [0.25, 0.3) is 0 Å². The van der Waals surface area contributed by atoms with Gasteiger partial charge in [0.1, 0.15) is 5.69 Å². The van der Waals surface area contributed by atoms with E-state index < -0.39 is 0 Å². The standard InChI is InChI=1S/C24H26N4O/c1-2-28(21-8-4-3-5-9-21)22-14-15-25-23(18-22)24(29)26-19-10-12-20(13-11-19)27-16-6-7-17-27/h3-5,8-15,18H,2,6-7,16-17H2,1H3,(H,26,29). The molecule has 5 heteroatoms. The second-order valence-electron chi connectivity index (χ2n) is 7.17. The third kappa shape index (κ3) is 4.40. The van der Waals surface area contributed by atoms with Crippen LogP contribution in [-0.2, 0) is 0 Å². The number of carbonyl (C=O) groups is 1. The van der Waals surface area contributed by atoms with Crippen LogP contribution < -0.4 is 15.1 Å². The predicted octanol–water partition coefficient (Wildman–Crippen LogP) is 5.09. The van der Waals surface area contributed by atoms with E-state index in [2.05, 4.69) is 51.3 Å². The Kier molecular flexibility index (Phi) is 5.75. The van der Waals surface area contributed by atoms with Crippen LogP contribution in [0, 0.1) is 0 Å². The largest absolute Gasteiger partial charge is 0.372 e. The average Bonchev–Trinajstić information content (AvgIpc) is 3.31. The third-order valence-corrected chi connectivity index (χ3v) is 5.27. The van der Waals surface area contributed by atoms with Crippen LogP contribution in [0.3, 0.4) is 0 Å². The van der Waals surface area contributed by atoms with Crippen molar-refractivity contribution in [1.29, 1.82) is 0 Å². The molecule has 2 heterocycles. The van der Waals surface area contributed by atoms with E-state index in [1.807, 2.05) is 42.5 Å². The number of anilines is 4. The van der Waals surface area contributed by atoms with E-state index in [0.29, 0.717) is 5.69 Å². The SMILES string of the molecule is CCN(c1ccccc1)c1ccnc(C(=O)Nc2ccc(N3CCCC3)cc2)c1. The Morgan fingerprint density at radius 3 is 2.41 bits per heavy atom. The van der Waals surface area contributed by atoms with Crippen LogP contribution in [0.4, 0.5) is 22.7 Å². The van der Waals surface area contributed by atoms with Crippen molar-refractivity contribution in [2.24, 2.45) is 0 Å². The summed E-state index contributed by atoms with van der Waals surface area (Å²) < 4.78 is 0. The molecule has 0 unspecified atom stereocenters. The number of benzene rings is 2. The van der Waals surface area contributed by atoms with Gasteiger partial charge in [0.2, 0.25) is 0 Å². The number of hydrogen-bond acceptors (Lipinski definition) is 4. The zero-order valence-corrected chi connectivity index (χ0v) is 16.7. The van der Waals surface area contributed by atoms with Crippen molar-refractivity contribution in [1.82, 2.24) is 4.98 Å². The van der Waals surface area contributed by atoms with E-state index >= 15 is 0 Å². The minimum Gasteiger partial charge on any atom is -0.372 e.